The van der Waals surface area contributed by atoms with Gasteiger partial charge in [0.2, 0.25) is 11.8 Å². The maximum Gasteiger partial charge on any atom is 0.254 e. The molecule has 0 radical (unpaired) electrons. The zero-order chi connectivity index (χ0) is 23.9. The van der Waals surface area contributed by atoms with Gasteiger partial charge in [-0.1, -0.05) is 35.9 Å². The van der Waals surface area contributed by atoms with E-state index in [0.717, 1.165) is 18.6 Å². The molecule has 0 bridgehead atoms. The summed E-state index contributed by atoms with van der Waals surface area (Å²) in [7, 11) is 0. The number of amides is 3. The van der Waals surface area contributed by atoms with E-state index in [9.17, 15) is 14.4 Å². The van der Waals surface area contributed by atoms with E-state index in [1.54, 1.807) is 34.1 Å². The van der Waals surface area contributed by atoms with Gasteiger partial charge in [0.1, 0.15) is 5.75 Å². The number of para-hydroxylation sites is 1. The Bertz CT molecular complexity index is 1010. The number of benzene rings is 2. The van der Waals surface area contributed by atoms with Gasteiger partial charge in [-0.25, -0.2) is 0 Å². The molecule has 2 aromatic rings. The average Bonchev–Trinajstić information content (AvgIpc) is 2.88. The summed E-state index contributed by atoms with van der Waals surface area (Å²) in [5, 5.41) is 0.530. The molecule has 1 unspecified atom stereocenters. The number of likely N-dealkylation sites (tertiary alicyclic amines) is 1. The molecular weight excluding hydrogens is 454 g/mol. The minimum Gasteiger partial charge on any atom is -0.493 e. The lowest BCUT2D eigenvalue weighted by atomic mass is 9.96. The predicted molar refractivity (Wildman–Crippen MR) is 130 cm³/mol. The molecule has 0 spiro atoms. The van der Waals surface area contributed by atoms with E-state index >= 15 is 0 Å². The van der Waals surface area contributed by atoms with Crippen LogP contribution >= 0.6 is 11.6 Å². The summed E-state index contributed by atoms with van der Waals surface area (Å²) in [5.41, 5.74) is 0.560. The van der Waals surface area contributed by atoms with Crippen LogP contribution in [0.15, 0.2) is 54.6 Å². The second-order valence-corrected chi connectivity index (χ2v) is 9.15. The highest BCUT2D eigenvalue weighted by atomic mass is 35.5. The molecule has 0 aromatic heterocycles. The first-order valence-electron chi connectivity index (χ1n) is 11.8. The maximum atomic E-state index is 13.2. The summed E-state index contributed by atoms with van der Waals surface area (Å²) < 4.78 is 5.64. The fourth-order valence-electron chi connectivity index (χ4n) is 4.53. The number of piperidine rings is 1. The van der Waals surface area contributed by atoms with Gasteiger partial charge in [0.05, 0.1) is 18.9 Å². The van der Waals surface area contributed by atoms with Crippen LogP contribution in [0.5, 0.6) is 5.75 Å². The van der Waals surface area contributed by atoms with Crippen molar-refractivity contribution in [1.82, 2.24) is 14.7 Å². The van der Waals surface area contributed by atoms with Crippen molar-refractivity contribution >= 4 is 29.3 Å². The first-order chi connectivity index (χ1) is 16.5. The van der Waals surface area contributed by atoms with Gasteiger partial charge in [-0.3, -0.25) is 14.4 Å². The minimum absolute atomic E-state index is 0.0189. The molecule has 1 atom stereocenters. The molecule has 7 nitrogen and oxygen atoms in total. The van der Waals surface area contributed by atoms with Crippen LogP contribution in [0.4, 0.5) is 0 Å². The molecule has 4 rings (SSSR count). The van der Waals surface area contributed by atoms with Gasteiger partial charge < -0.3 is 19.4 Å². The summed E-state index contributed by atoms with van der Waals surface area (Å²) in [6.45, 7) is 3.43. The van der Waals surface area contributed by atoms with Gasteiger partial charge in [0.15, 0.2) is 0 Å². The van der Waals surface area contributed by atoms with Gasteiger partial charge in [-0.2, -0.15) is 0 Å². The van der Waals surface area contributed by atoms with Crippen LogP contribution in [0, 0.1) is 5.92 Å². The highest BCUT2D eigenvalue weighted by molar-refractivity contribution is 6.30. The Kier molecular flexibility index (Phi) is 8.06. The highest BCUT2D eigenvalue weighted by Crippen LogP contribution is 2.21. The summed E-state index contributed by atoms with van der Waals surface area (Å²) in [6, 6.07) is 16.4. The smallest absolute Gasteiger partial charge is 0.254 e. The van der Waals surface area contributed by atoms with Gasteiger partial charge >= 0.3 is 0 Å². The topological polar surface area (TPSA) is 70.2 Å². The fourth-order valence-corrected chi connectivity index (χ4v) is 4.72. The number of nitrogens with zero attached hydrogens (tertiary/aromatic N) is 3. The molecule has 8 heteroatoms. The quantitative estimate of drug-likeness (QED) is 0.632. The summed E-state index contributed by atoms with van der Waals surface area (Å²) in [5.74, 6) is 0.581. The van der Waals surface area contributed by atoms with Crippen LogP contribution in [0.1, 0.15) is 29.6 Å². The number of halogens is 1. The minimum atomic E-state index is -0.192. The van der Waals surface area contributed by atoms with E-state index in [1.165, 1.54) is 0 Å². The van der Waals surface area contributed by atoms with Crippen LogP contribution < -0.4 is 4.74 Å². The molecule has 0 N–H and O–H groups in total. The average molecular weight is 484 g/mol. The number of ether oxygens (including phenoxy) is 1. The predicted octanol–water partition coefficient (Wildman–Crippen LogP) is 3.33. The molecule has 34 heavy (non-hydrogen) atoms. The normalized spacial score (nSPS) is 18.5. The van der Waals surface area contributed by atoms with Crippen LogP contribution in [-0.2, 0) is 9.59 Å². The van der Waals surface area contributed by atoms with Crippen molar-refractivity contribution in [2.75, 3.05) is 45.9 Å². The van der Waals surface area contributed by atoms with Crippen LogP contribution in [0.3, 0.4) is 0 Å². The Morgan fingerprint density at radius 2 is 1.62 bits per heavy atom. The zero-order valence-corrected chi connectivity index (χ0v) is 20.0. The summed E-state index contributed by atoms with van der Waals surface area (Å²) in [4.78, 5) is 44.0. The molecule has 3 amide bonds. The van der Waals surface area contributed by atoms with E-state index in [-0.39, 0.29) is 23.6 Å². The van der Waals surface area contributed by atoms with Crippen LogP contribution in [0.2, 0.25) is 5.02 Å². The van der Waals surface area contributed by atoms with Crippen molar-refractivity contribution in [1.29, 1.82) is 0 Å². The molecule has 2 fully saturated rings. The highest BCUT2D eigenvalue weighted by Gasteiger charge is 2.33. The molecule has 2 aromatic carbocycles. The number of piperazine rings is 1. The van der Waals surface area contributed by atoms with Crippen molar-refractivity contribution in [2.24, 2.45) is 5.92 Å². The maximum absolute atomic E-state index is 13.2. The van der Waals surface area contributed by atoms with Crippen molar-refractivity contribution in [3.63, 3.8) is 0 Å². The first kappa shape index (κ1) is 24.1. The van der Waals surface area contributed by atoms with Crippen LogP contribution in [0.25, 0.3) is 0 Å². The molecule has 0 aliphatic carbocycles. The molecular formula is C26H30ClN3O4. The Balaban J connectivity index is 1.24. The first-order valence-corrected chi connectivity index (χ1v) is 12.2. The Morgan fingerprint density at radius 3 is 2.35 bits per heavy atom. The van der Waals surface area contributed by atoms with Crippen molar-refractivity contribution in [2.45, 2.75) is 19.3 Å². The monoisotopic (exact) mass is 483 g/mol. The van der Waals surface area contributed by atoms with Gasteiger partial charge in [0.25, 0.3) is 5.91 Å². The molecule has 180 valence electrons. The van der Waals surface area contributed by atoms with E-state index < -0.39 is 0 Å². The standard InChI is InChI=1S/C26H30ClN3O4/c27-22-8-4-6-20(18-22)25(32)28-13-15-29(16-14-28)26(33)21-7-5-12-30(19-21)24(31)11-17-34-23-9-2-1-3-10-23/h1-4,6,8-10,18,21H,5,7,11-17,19H2. The third kappa shape index (κ3) is 6.08. The summed E-state index contributed by atoms with van der Waals surface area (Å²) >= 11 is 6.01. The Morgan fingerprint density at radius 1 is 0.882 bits per heavy atom. The molecule has 0 saturated carbocycles. The number of hydrogen-bond donors (Lipinski definition) is 0. The molecule has 2 heterocycles. The number of carbonyl (C=O) groups is 3. The zero-order valence-electron chi connectivity index (χ0n) is 19.2. The van der Waals surface area contributed by atoms with E-state index in [4.69, 9.17) is 16.3 Å². The largest absolute Gasteiger partial charge is 0.493 e. The fraction of sp³-hybridized carbons (Fsp3) is 0.423. The summed E-state index contributed by atoms with van der Waals surface area (Å²) in [6.07, 6.45) is 1.89. The molecule has 2 aliphatic heterocycles. The van der Waals surface area contributed by atoms with Crippen molar-refractivity contribution < 1.29 is 19.1 Å². The van der Waals surface area contributed by atoms with Crippen molar-refractivity contribution in [3.8, 4) is 5.75 Å². The van der Waals surface area contributed by atoms with E-state index in [0.29, 0.717) is 62.9 Å². The number of carbonyl (C=O) groups excluding carboxylic acids is 3. The number of hydrogen-bond acceptors (Lipinski definition) is 4. The molecule has 2 saturated heterocycles. The Labute approximate surface area is 205 Å². The van der Waals surface area contributed by atoms with Crippen LogP contribution in [-0.4, -0.2) is 78.3 Å². The third-order valence-electron chi connectivity index (χ3n) is 6.40. The van der Waals surface area contributed by atoms with Gasteiger partial charge in [0, 0.05) is 49.9 Å². The van der Waals surface area contributed by atoms with Gasteiger partial charge in [-0.15, -0.1) is 0 Å². The Hall–Kier alpha value is -3.06. The van der Waals surface area contributed by atoms with E-state index in [2.05, 4.69) is 0 Å². The van der Waals surface area contributed by atoms with E-state index in [1.807, 2.05) is 35.2 Å². The molecule has 2 aliphatic rings. The SMILES string of the molecule is O=C(CCOc1ccccc1)N1CCCC(C(=O)N2CCN(C(=O)c3cccc(Cl)c3)CC2)C1. The lowest BCUT2D eigenvalue weighted by Gasteiger charge is -2.39. The van der Waals surface area contributed by atoms with Crippen molar-refractivity contribution in [3.05, 3.63) is 65.2 Å². The van der Waals surface area contributed by atoms with Gasteiger partial charge in [-0.05, 0) is 43.2 Å². The lowest BCUT2D eigenvalue weighted by molar-refractivity contribution is -0.142. The number of rotatable bonds is 6. The lowest BCUT2D eigenvalue weighted by Crippen LogP contribution is -2.54. The second-order valence-electron chi connectivity index (χ2n) is 8.72. The third-order valence-corrected chi connectivity index (χ3v) is 6.64. The second kappa shape index (κ2) is 11.4.